The number of hydrogen-bond acceptors (Lipinski definition) is 3. The predicted molar refractivity (Wildman–Crippen MR) is 77.8 cm³/mol. The van der Waals surface area contributed by atoms with Crippen LogP contribution in [-0.2, 0) is 9.84 Å². The summed E-state index contributed by atoms with van der Waals surface area (Å²) < 4.78 is 24.0. The van der Waals surface area contributed by atoms with E-state index in [9.17, 15) is 13.5 Å². The lowest BCUT2D eigenvalue weighted by Crippen LogP contribution is -2.44. The number of unbranched alkanes of at least 4 members (excludes halogenated alkanes) is 4. The molecule has 2 atom stereocenters. The Kier molecular flexibility index (Phi) is 4.72. The molecule has 3 nitrogen and oxygen atoms in total. The van der Waals surface area contributed by atoms with Gasteiger partial charge in [0, 0.05) is 0 Å². The van der Waals surface area contributed by atoms with Crippen molar-refractivity contribution in [1.82, 2.24) is 0 Å². The average molecular weight is 286 g/mol. The second kappa shape index (κ2) is 5.96. The summed E-state index contributed by atoms with van der Waals surface area (Å²) in [5.41, 5.74) is -0.713. The number of allylic oxidation sites excluding steroid dienone is 1. The molecule has 0 aromatic heterocycles. The van der Waals surface area contributed by atoms with Crippen molar-refractivity contribution < 1.29 is 13.5 Å². The first kappa shape index (κ1) is 15.0. The van der Waals surface area contributed by atoms with Gasteiger partial charge in [0.2, 0.25) is 0 Å². The van der Waals surface area contributed by atoms with Crippen LogP contribution in [0.15, 0.2) is 12.7 Å². The Balaban J connectivity index is 1.77. The molecular weight excluding hydrogens is 260 g/mol. The van der Waals surface area contributed by atoms with E-state index in [1.807, 2.05) is 6.08 Å². The van der Waals surface area contributed by atoms with Gasteiger partial charge in [-0.1, -0.05) is 25.3 Å². The van der Waals surface area contributed by atoms with Crippen LogP contribution in [0, 0.1) is 0 Å². The van der Waals surface area contributed by atoms with Gasteiger partial charge in [-0.3, -0.25) is 0 Å². The first-order chi connectivity index (χ1) is 8.98. The highest BCUT2D eigenvalue weighted by molar-refractivity contribution is 7.93. The van der Waals surface area contributed by atoms with E-state index >= 15 is 0 Å². The second-order valence-electron chi connectivity index (χ2n) is 6.28. The number of aliphatic hydroxyl groups is 1. The molecule has 2 aliphatic heterocycles. The highest BCUT2D eigenvalue weighted by atomic mass is 32.2. The molecule has 4 heteroatoms. The van der Waals surface area contributed by atoms with Crippen molar-refractivity contribution in [3.05, 3.63) is 12.7 Å². The van der Waals surface area contributed by atoms with Crippen LogP contribution in [0.1, 0.15) is 64.2 Å². The minimum absolute atomic E-state index is 0.267. The number of fused-ring (bicyclic) bond motifs is 2. The molecule has 2 bridgehead atoms. The van der Waals surface area contributed by atoms with Gasteiger partial charge in [-0.25, -0.2) is 8.42 Å². The van der Waals surface area contributed by atoms with Gasteiger partial charge in [0.05, 0.1) is 16.1 Å². The zero-order valence-electron chi connectivity index (χ0n) is 11.7. The van der Waals surface area contributed by atoms with Gasteiger partial charge < -0.3 is 5.11 Å². The standard InChI is InChI=1S/C15H26O3S/c1-2-3-4-5-6-7-10-15(16)11-13-8-9-14(12-15)19(13,17)18/h2,13-14,16H,1,3-12H2. The molecular formula is C15H26O3S. The molecule has 0 saturated carbocycles. The van der Waals surface area contributed by atoms with E-state index in [1.165, 1.54) is 12.8 Å². The quantitative estimate of drug-likeness (QED) is 0.578. The first-order valence-electron chi connectivity index (χ1n) is 7.54. The fourth-order valence-electron chi connectivity index (χ4n) is 3.64. The monoisotopic (exact) mass is 286 g/mol. The maximum atomic E-state index is 12.0. The molecule has 2 unspecified atom stereocenters. The van der Waals surface area contributed by atoms with E-state index in [2.05, 4.69) is 6.58 Å². The molecule has 19 heavy (non-hydrogen) atoms. The Hall–Kier alpha value is -0.350. The van der Waals surface area contributed by atoms with Crippen molar-refractivity contribution in [2.45, 2.75) is 80.3 Å². The van der Waals surface area contributed by atoms with Gasteiger partial charge in [-0.05, 0) is 44.9 Å². The maximum Gasteiger partial charge on any atom is 0.156 e. The van der Waals surface area contributed by atoms with E-state index in [0.717, 1.165) is 38.5 Å². The number of rotatable bonds is 7. The van der Waals surface area contributed by atoms with Crippen molar-refractivity contribution in [2.75, 3.05) is 0 Å². The molecule has 1 N–H and O–H groups in total. The van der Waals surface area contributed by atoms with E-state index in [0.29, 0.717) is 12.8 Å². The van der Waals surface area contributed by atoms with Gasteiger partial charge >= 0.3 is 0 Å². The molecule has 0 amide bonds. The lowest BCUT2D eigenvalue weighted by Gasteiger charge is -2.36. The molecule has 2 saturated heterocycles. The Bertz CT molecular complexity index is 393. The summed E-state index contributed by atoms with van der Waals surface area (Å²) in [6.07, 6.45) is 10.7. The van der Waals surface area contributed by atoms with Crippen LogP contribution in [0.25, 0.3) is 0 Å². The number of hydrogen-bond donors (Lipinski definition) is 1. The molecule has 0 spiro atoms. The van der Waals surface area contributed by atoms with Gasteiger partial charge in [0.25, 0.3) is 0 Å². The Labute approximate surface area is 117 Å². The molecule has 2 heterocycles. The third-order valence-electron chi connectivity index (χ3n) is 4.76. The fraction of sp³-hybridized carbons (Fsp3) is 0.867. The van der Waals surface area contributed by atoms with E-state index in [-0.39, 0.29) is 10.5 Å². The average Bonchev–Trinajstić information content (AvgIpc) is 2.54. The highest BCUT2D eigenvalue weighted by Crippen LogP contribution is 2.44. The first-order valence-corrected chi connectivity index (χ1v) is 9.15. The van der Waals surface area contributed by atoms with Gasteiger partial charge in [-0.2, -0.15) is 0 Å². The number of sulfone groups is 1. The van der Waals surface area contributed by atoms with Crippen LogP contribution in [-0.4, -0.2) is 29.6 Å². The zero-order chi connectivity index (χ0) is 13.9. The van der Waals surface area contributed by atoms with Gasteiger partial charge in [0.1, 0.15) is 0 Å². The summed E-state index contributed by atoms with van der Waals surface area (Å²) in [5.74, 6) is 0. The highest BCUT2D eigenvalue weighted by Gasteiger charge is 2.52. The van der Waals surface area contributed by atoms with Crippen LogP contribution in [0.5, 0.6) is 0 Å². The van der Waals surface area contributed by atoms with Crippen LogP contribution in [0.2, 0.25) is 0 Å². The third-order valence-corrected chi connectivity index (χ3v) is 7.42. The van der Waals surface area contributed by atoms with Gasteiger partial charge in [-0.15, -0.1) is 6.58 Å². The van der Waals surface area contributed by atoms with Crippen LogP contribution >= 0.6 is 0 Å². The van der Waals surface area contributed by atoms with E-state index in [1.54, 1.807) is 0 Å². The van der Waals surface area contributed by atoms with Gasteiger partial charge in [0.15, 0.2) is 9.84 Å². The normalized spacial score (nSPS) is 36.3. The third kappa shape index (κ3) is 3.40. The SMILES string of the molecule is C=CCCCCCCC1(O)CC2CCC(C1)S2(=O)=O. The van der Waals surface area contributed by atoms with E-state index < -0.39 is 15.4 Å². The lowest BCUT2D eigenvalue weighted by atomic mass is 9.88. The summed E-state index contributed by atoms with van der Waals surface area (Å²) in [6.45, 7) is 3.70. The van der Waals surface area contributed by atoms with Crippen molar-refractivity contribution in [1.29, 1.82) is 0 Å². The minimum Gasteiger partial charge on any atom is -0.390 e. The summed E-state index contributed by atoms with van der Waals surface area (Å²) in [7, 11) is -2.91. The molecule has 2 fully saturated rings. The van der Waals surface area contributed by atoms with Crippen molar-refractivity contribution in [2.24, 2.45) is 0 Å². The molecule has 0 aromatic rings. The summed E-state index contributed by atoms with van der Waals surface area (Å²) in [5, 5.41) is 10.1. The maximum absolute atomic E-state index is 12.0. The Morgan fingerprint density at radius 2 is 1.68 bits per heavy atom. The summed E-state index contributed by atoms with van der Waals surface area (Å²) in [4.78, 5) is 0. The second-order valence-corrected chi connectivity index (χ2v) is 8.80. The van der Waals surface area contributed by atoms with Crippen molar-refractivity contribution in [3.63, 3.8) is 0 Å². The van der Waals surface area contributed by atoms with Crippen LogP contribution < -0.4 is 0 Å². The van der Waals surface area contributed by atoms with Crippen molar-refractivity contribution in [3.8, 4) is 0 Å². The molecule has 110 valence electrons. The smallest absolute Gasteiger partial charge is 0.156 e. The molecule has 0 aromatic carbocycles. The largest absolute Gasteiger partial charge is 0.390 e. The van der Waals surface area contributed by atoms with E-state index in [4.69, 9.17) is 0 Å². The molecule has 0 radical (unpaired) electrons. The van der Waals surface area contributed by atoms with Crippen LogP contribution in [0.4, 0.5) is 0 Å². The fourth-order valence-corrected chi connectivity index (χ4v) is 6.20. The van der Waals surface area contributed by atoms with Crippen molar-refractivity contribution >= 4 is 9.84 Å². The molecule has 2 aliphatic rings. The summed E-state index contributed by atoms with van der Waals surface area (Å²) in [6, 6.07) is 0. The summed E-state index contributed by atoms with van der Waals surface area (Å²) >= 11 is 0. The molecule has 2 rings (SSSR count). The minimum atomic E-state index is -2.91. The Morgan fingerprint density at radius 3 is 2.26 bits per heavy atom. The van der Waals surface area contributed by atoms with Crippen LogP contribution in [0.3, 0.4) is 0 Å². The lowest BCUT2D eigenvalue weighted by molar-refractivity contribution is 0.0108. The molecule has 0 aliphatic carbocycles. The zero-order valence-corrected chi connectivity index (χ0v) is 12.5. The Morgan fingerprint density at radius 1 is 1.11 bits per heavy atom. The predicted octanol–water partition coefficient (Wildman–Crippen LogP) is 2.98. The topological polar surface area (TPSA) is 54.4 Å².